The number of hydrogen-bond acceptors (Lipinski definition) is 4. The number of anilines is 1. The number of carbonyl (C=O) groups is 1. The first-order valence-corrected chi connectivity index (χ1v) is 9.42. The van der Waals surface area contributed by atoms with Gasteiger partial charge in [0.05, 0.1) is 38.6 Å². The monoisotopic (exact) mass is 382 g/mol. The molecule has 0 radical (unpaired) electrons. The lowest BCUT2D eigenvalue weighted by Gasteiger charge is -2.21. The Morgan fingerprint density at radius 2 is 2.18 bits per heavy atom. The van der Waals surface area contributed by atoms with Crippen LogP contribution in [0.3, 0.4) is 0 Å². The highest BCUT2D eigenvalue weighted by Gasteiger charge is 2.21. The van der Waals surface area contributed by atoms with Crippen LogP contribution in [0.25, 0.3) is 0 Å². The summed E-state index contributed by atoms with van der Waals surface area (Å²) in [5, 5.41) is 2.95. The summed E-state index contributed by atoms with van der Waals surface area (Å²) >= 11 is 0. The van der Waals surface area contributed by atoms with Gasteiger partial charge < -0.3 is 24.4 Å². The van der Waals surface area contributed by atoms with E-state index in [-0.39, 0.29) is 6.03 Å². The number of fused-ring (bicyclic) bond motifs is 1. The summed E-state index contributed by atoms with van der Waals surface area (Å²) < 4.78 is 16.9. The highest BCUT2D eigenvalue weighted by atomic mass is 16.5. The smallest absolute Gasteiger partial charge is 0.322 e. The fourth-order valence-corrected chi connectivity index (χ4v) is 3.02. The van der Waals surface area contributed by atoms with E-state index in [0.717, 1.165) is 16.9 Å². The Kier molecular flexibility index (Phi) is 6.92. The maximum Gasteiger partial charge on any atom is 0.322 e. The molecule has 0 fully saturated rings. The van der Waals surface area contributed by atoms with Crippen molar-refractivity contribution in [2.75, 3.05) is 31.7 Å². The van der Waals surface area contributed by atoms with Crippen molar-refractivity contribution >= 4 is 11.7 Å². The van der Waals surface area contributed by atoms with Crippen LogP contribution >= 0.6 is 0 Å². The van der Waals surface area contributed by atoms with Crippen molar-refractivity contribution in [2.45, 2.75) is 20.1 Å². The minimum absolute atomic E-state index is 0.183. The van der Waals surface area contributed by atoms with Gasteiger partial charge in [0.2, 0.25) is 0 Å². The molecule has 2 amide bonds. The Balaban J connectivity index is 1.71. The van der Waals surface area contributed by atoms with Crippen molar-refractivity contribution in [3.05, 3.63) is 66.2 Å². The highest BCUT2D eigenvalue weighted by molar-refractivity contribution is 5.91. The highest BCUT2D eigenvalue weighted by Crippen LogP contribution is 2.27. The Bertz CT molecular complexity index is 822. The molecule has 1 aliphatic heterocycles. The molecule has 0 aromatic heterocycles. The van der Waals surface area contributed by atoms with Crippen molar-refractivity contribution in [1.29, 1.82) is 0 Å². The molecule has 2 aromatic carbocycles. The van der Waals surface area contributed by atoms with E-state index in [4.69, 9.17) is 14.2 Å². The zero-order valence-electron chi connectivity index (χ0n) is 16.1. The van der Waals surface area contributed by atoms with Crippen LogP contribution in [-0.4, -0.2) is 37.3 Å². The van der Waals surface area contributed by atoms with Crippen LogP contribution in [0.4, 0.5) is 10.5 Å². The SMILES string of the molecule is C=CCOCc1ccc2c(c1)CN(C(=O)Nc1ccccc1OCC)CCO2. The van der Waals surface area contributed by atoms with E-state index >= 15 is 0 Å². The van der Waals surface area contributed by atoms with Gasteiger partial charge >= 0.3 is 6.03 Å². The number of carbonyl (C=O) groups excluding carboxylic acids is 1. The minimum Gasteiger partial charge on any atom is -0.492 e. The van der Waals surface area contributed by atoms with E-state index < -0.39 is 0 Å². The summed E-state index contributed by atoms with van der Waals surface area (Å²) in [6.45, 7) is 8.51. The molecule has 1 N–H and O–H groups in total. The summed E-state index contributed by atoms with van der Waals surface area (Å²) in [6, 6.07) is 13.2. The molecule has 1 aliphatic rings. The van der Waals surface area contributed by atoms with Gasteiger partial charge in [-0.2, -0.15) is 0 Å². The van der Waals surface area contributed by atoms with Crippen LogP contribution < -0.4 is 14.8 Å². The van der Waals surface area contributed by atoms with Gasteiger partial charge in [-0.05, 0) is 36.8 Å². The van der Waals surface area contributed by atoms with Gasteiger partial charge in [0.15, 0.2) is 0 Å². The zero-order valence-corrected chi connectivity index (χ0v) is 16.1. The van der Waals surface area contributed by atoms with Gasteiger partial charge in [0, 0.05) is 5.56 Å². The van der Waals surface area contributed by atoms with Gasteiger partial charge in [-0.25, -0.2) is 4.79 Å². The second-order valence-electron chi connectivity index (χ2n) is 6.38. The number of amides is 2. The van der Waals surface area contributed by atoms with E-state index in [2.05, 4.69) is 11.9 Å². The van der Waals surface area contributed by atoms with Crippen LogP contribution in [-0.2, 0) is 17.9 Å². The maximum absolute atomic E-state index is 12.9. The predicted molar refractivity (Wildman–Crippen MR) is 109 cm³/mol. The van der Waals surface area contributed by atoms with E-state index in [1.807, 2.05) is 49.4 Å². The molecular formula is C22H26N2O4. The molecule has 148 valence electrons. The molecule has 1 heterocycles. The number of rotatable bonds is 7. The lowest BCUT2D eigenvalue weighted by atomic mass is 10.1. The van der Waals surface area contributed by atoms with E-state index in [1.54, 1.807) is 11.0 Å². The standard InChI is InChI=1S/C22H26N2O4/c1-3-12-26-16-17-9-10-20-18(14-17)15-24(11-13-28-20)22(25)23-19-7-5-6-8-21(19)27-4-2/h3,5-10,14H,1,4,11-13,15-16H2,2H3,(H,23,25). The fraction of sp³-hybridized carbons (Fsp3) is 0.318. The minimum atomic E-state index is -0.183. The molecule has 3 rings (SSSR count). The van der Waals surface area contributed by atoms with Crippen LogP contribution in [0.1, 0.15) is 18.1 Å². The number of nitrogens with zero attached hydrogens (tertiary/aromatic N) is 1. The number of para-hydroxylation sites is 2. The Morgan fingerprint density at radius 3 is 3.00 bits per heavy atom. The van der Waals surface area contributed by atoms with Crippen LogP contribution in [0.15, 0.2) is 55.1 Å². The molecular weight excluding hydrogens is 356 g/mol. The van der Waals surface area contributed by atoms with Crippen LogP contribution in [0, 0.1) is 0 Å². The summed E-state index contributed by atoms with van der Waals surface area (Å²) in [5.41, 5.74) is 2.66. The lowest BCUT2D eigenvalue weighted by molar-refractivity contribution is 0.149. The summed E-state index contributed by atoms with van der Waals surface area (Å²) in [4.78, 5) is 14.6. The predicted octanol–water partition coefficient (Wildman–Crippen LogP) is 4.21. The zero-order chi connectivity index (χ0) is 19.8. The number of urea groups is 1. The second-order valence-corrected chi connectivity index (χ2v) is 6.38. The molecule has 0 unspecified atom stereocenters. The molecule has 0 saturated heterocycles. The maximum atomic E-state index is 12.9. The second kappa shape index (κ2) is 9.80. The van der Waals surface area contributed by atoms with E-state index in [0.29, 0.717) is 51.0 Å². The van der Waals surface area contributed by atoms with Crippen molar-refractivity contribution < 1.29 is 19.0 Å². The van der Waals surface area contributed by atoms with Crippen LogP contribution in [0.5, 0.6) is 11.5 Å². The first-order chi connectivity index (χ1) is 13.7. The van der Waals surface area contributed by atoms with Gasteiger partial charge in [0.1, 0.15) is 18.1 Å². The van der Waals surface area contributed by atoms with E-state index in [9.17, 15) is 4.79 Å². The molecule has 0 atom stereocenters. The fourth-order valence-electron chi connectivity index (χ4n) is 3.02. The van der Waals surface area contributed by atoms with Crippen molar-refractivity contribution in [2.24, 2.45) is 0 Å². The van der Waals surface area contributed by atoms with Crippen molar-refractivity contribution in [1.82, 2.24) is 4.90 Å². The van der Waals surface area contributed by atoms with Crippen molar-refractivity contribution in [3.63, 3.8) is 0 Å². The average molecular weight is 382 g/mol. The summed E-state index contributed by atoms with van der Waals surface area (Å²) in [5.74, 6) is 1.46. The Morgan fingerprint density at radius 1 is 1.32 bits per heavy atom. The number of hydrogen-bond donors (Lipinski definition) is 1. The number of ether oxygens (including phenoxy) is 3. The quantitative estimate of drug-likeness (QED) is 0.576. The molecule has 6 heteroatoms. The first-order valence-electron chi connectivity index (χ1n) is 9.42. The van der Waals surface area contributed by atoms with E-state index in [1.165, 1.54) is 0 Å². The topological polar surface area (TPSA) is 60.0 Å². The number of benzene rings is 2. The van der Waals surface area contributed by atoms with Gasteiger partial charge in [0.25, 0.3) is 0 Å². The van der Waals surface area contributed by atoms with Gasteiger partial charge in [-0.1, -0.05) is 24.3 Å². The summed E-state index contributed by atoms with van der Waals surface area (Å²) in [7, 11) is 0. The third kappa shape index (κ3) is 5.04. The summed E-state index contributed by atoms with van der Waals surface area (Å²) in [6.07, 6.45) is 1.72. The molecule has 28 heavy (non-hydrogen) atoms. The molecule has 0 saturated carbocycles. The molecule has 0 spiro atoms. The molecule has 2 aromatic rings. The van der Waals surface area contributed by atoms with Crippen LogP contribution in [0.2, 0.25) is 0 Å². The first kappa shape index (κ1) is 19.8. The van der Waals surface area contributed by atoms with Gasteiger partial charge in [-0.15, -0.1) is 6.58 Å². The Hall–Kier alpha value is -2.99. The van der Waals surface area contributed by atoms with Gasteiger partial charge in [-0.3, -0.25) is 0 Å². The lowest BCUT2D eigenvalue weighted by Crippen LogP contribution is -2.36. The number of nitrogens with one attached hydrogen (secondary N) is 1. The normalized spacial score (nSPS) is 13.1. The Labute approximate surface area is 165 Å². The third-order valence-electron chi connectivity index (χ3n) is 4.33. The third-order valence-corrected chi connectivity index (χ3v) is 4.33. The molecule has 6 nitrogen and oxygen atoms in total. The largest absolute Gasteiger partial charge is 0.492 e. The molecule has 0 aliphatic carbocycles. The molecule has 0 bridgehead atoms. The van der Waals surface area contributed by atoms with Crippen molar-refractivity contribution in [3.8, 4) is 11.5 Å². The average Bonchev–Trinajstić information content (AvgIpc) is 2.92.